The van der Waals surface area contributed by atoms with E-state index < -0.39 is 5.91 Å². The molecule has 0 saturated heterocycles. The molecule has 0 spiro atoms. The predicted octanol–water partition coefficient (Wildman–Crippen LogP) is -0.0107. The number of hydrogen-bond acceptors (Lipinski definition) is 3. The van der Waals surface area contributed by atoms with E-state index in [1.165, 1.54) is 6.20 Å². The highest BCUT2D eigenvalue weighted by atomic mass is 16.1. The van der Waals surface area contributed by atoms with E-state index in [2.05, 4.69) is 15.1 Å². The van der Waals surface area contributed by atoms with Crippen molar-refractivity contribution >= 4 is 11.9 Å². The lowest BCUT2D eigenvalue weighted by Crippen LogP contribution is -2.24. The molecular formula is C11H12N6O. The topological polar surface area (TPSA) is 112 Å². The molecule has 2 aromatic heterocycles. The Morgan fingerprint density at radius 3 is 2.78 bits per heavy atom. The summed E-state index contributed by atoms with van der Waals surface area (Å²) in [5.74, 6) is -0.168. The SMILES string of the molecule is Cc1c(C(=O)N=C(N)N)cnn1-c1ccccn1. The van der Waals surface area contributed by atoms with Gasteiger partial charge in [-0.1, -0.05) is 6.07 Å². The van der Waals surface area contributed by atoms with Crippen LogP contribution in [0.25, 0.3) is 5.82 Å². The monoisotopic (exact) mass is 244 g/mol. The molecule has 0 unspecified atom stereocenters. The van der Waals surface area contributed by atoms with E-state index in [1.807, 2.05) is 6.07 Å². The van der Waals surface area contributed by atoms with Crippen LogP contribution in [0.3, 0.4) is 0 Å². The van der Waals surface area contributed by atoms with Crippen LogP contribution in [0.5, 0.6) is 0 Å². The lowest BCUT2D eigenvalue weighted by molar-refractivity contribution is 0.100. The third kappa shape index (κ3) is 2.19. The molecule has 0 fully saturated rings. The molecular weight excluding hydrogens is 232 g/mol. The Hall–Kier alpha value is -2.70. The van der Waals surface area contributed by atoms with Gasteiger partial charge in [-0.15, -0.1) is 0 Å². The van der Waals surface area contributed by atoms with Gasteiger partial charge in [-0.2, -0.15) is 10.1 Å². The third-order valence-electron chi connectivity index (χ3n) is 2.34. The van der Waals surface area contributed by atoms with E-state index in [-0.39, 0.29) is 5.96 Å². The number of aromatic nitrogens is 3. The van der Waals surface area contributed by atoms with Gasteiger partial charge in [-0.05, 0) is 19.1 Å². The molecule has 0 aromatic carbocycles. The van der Waals surface area contributed by atoms with Crippen molar-refractivity contribution < 1.29 is 4.79 Å². The number of carbonyl (C=O) groups is 1. The Morgan fingerprint density at radius 2 is 2.17 bits per heavy atom. The third-order valence-corrected chi connectivity index (χ3v) is 2.34. The van der Waals surface area contributed by atoms with E-state index in [9.17, 15) is 4.79 Å². The summed E-state index contributed by atoms with van der Waals surface area (Å²) in [5.41, 5.74) is 11.3. The molecule has 2 rings (SSSR count). The van der Waals surface area contributed by atoms with Crippen molar-refractivity contribution in [3.05, 3.63) is 41.9 Å². The second-order valence-corrected chi connectivity index (χ2v) is 3.59. The van der Waals surface area contributed by atoms with Crippen LogP contribution in [-0.2, 0) is 0 Å². The van der Waals surface area contributed by atoms with Crippen LogP contribution in [0.4, 0.5) is 0 Å². The number of aliphatic imine (C=N–C) groups is 1. The summed E-state index contributed by atoms with van der Waals surface area (Å²) in [6.07, 6.45) is 3.06. The summed E-state index contributed by atoms with van der Waals surface area (Å²) < 4.78 is 1.55. The number of nitrogens with two attached hydrogens (primary N) is 2. The molecule has 0 aliphatic heterocycles. The van der Waals surface area contributed by atoms with Crippen molar-refractivity contribution in [3.63, 3.8) is 0 Å². The lowest BCUT2D eigenvalue weighted by atomic mass is 10.2. The molecule has 0 radical (unpaired) electrons. The zero-order valence-corrected chi connectivity index (χ0v) is 9.74. The normalized spacial score (nSPS) is 10.1. The summed E-state index contributed by atoms with van der Waals surface area (Å²) in [5, 5.41) is 4.10. The minimum atomic E-state index is -0.519. The molecule has 2 heterocycles. The van der Waals surface area contributed by atoms with Crippen LogP contribution < -0.4 is 11.5 Å². The van der Waals surface area contributed by atoms with Crippen molar-refractivity contribution in [1.29, 1.82) is 0 Å². The van der Waals surface area contributed by atoms with Gasteiger partial charge in [0, 0.05) is 6.20 Å². The lowest BCUT2D eigenvalue weighted by Gasteiger charge is -2.02. The van der Waals surface area contributed by atoms with Crippen LogP contribution in [0.2, 0.25) is 0 Å². The van der Waals surface area contributed by atoms with E-state index in [0.717, 1.165) is 0 Å². The zero-order valence-electron chi connectivity index (χ0n) is 9.74. The minimum Gasteiger partial charge on any atom is -0.370 e. The number of carbonyl (C=O) groups excluding carboxylic acids is 1. The van der Waals surface area contributed by atoms with Gasteiger partial charge in [0.2, 0.25) is 0 Å². The number of nitrogens with zero attached hydrogens (tertiary/aromatic N) is 4. The van der Waals surface area contributed by atoms with E-state index >= 15 is 0 Å². The maximum Gasteiger partial charge on any atom is 0.283 e. The van der Waals surface area contributed by atoms with Crippen LogP contribution >= 0.6 is 0 Å². The summed E-state index contributed by atoms with van der Waals surface area (Å²) >= 11 is 0. The van der Waals surface area contributed by atoms with Crippen LogP contribution in [0.1, 0.15) is 16.1 Å². The Morgan fingerprint density at radius 1 is 1.39 bits per heavy atom. The molecule has 2 aromatic rings. The number of amides is 1. The summed E-state index contributed by atoms with van der Waals surface area (Å²) in [7, 11) is 0. The molecule has 0 atom stereocenters. The maximum atomic E-state index is 11.7. The quantitative estimate of drug-likeness (QED) is 0.570. The molecule has 7 heteroatoms. The number of rotatable bonds is 2. The van der Waals surface area contributed by atoms with Gasteiger partial charge in [0.05, 0.1) is 17.5 Å². The number of hydrogen-bond donors (Lipinski definition) is 2. The zero-order chi connectivity index (χ0) is 13.1. The molecule has 7 nitrogen and oxygen atoms in total. The van der Waals surface area contributed by atoms with Crippen molar-refractivity contribution in [2.45, 2.75) is 6.92 Å². The fourth-order valence-electron chi connectivity index (χ4n) is 1.51. The van der Waals surface area contributed by atoms with Crippen LogP contribution in [0, 0.1) is 6.92 Å². The number of guanidine groups is 1. The van der Waals surface area contributed by atoms with Crippen LogP contribution in [0.15, 0.2) is 35.6 Å². The average Bonchev–Trinajstić information content (AvgIpc) is 2.71. The second kappa shape index (κ2) is 4.66. The fourth-order valence-corrected chi connectivity index (χ4v) is 1.51. The van der Waals surface area contributed by atoms with E-state index in [4.69, 9.17) is 11.5 Å². The van der Waals surface area contributed by atoms with Gasteiger partial charge in [0.15, 0.2) is 11.8 Å². The maximum absolute atomic E-state index is 11.7. The smallest absolute Gasteiger partial charge is 0.283 e. The first-order chi connectivity index (χ1) is 8.59. The van der Waals surface area contributed by atoms with Crippen molar-refractivity contribution in [1.82, 2.24) is 14.8 Å². The summed E-state index contributed by atoms with van der Waals surface area (Å²) in [6, 6.07) is 5.42. The minimum absolute atomic E-state index is 0.273. The molecule has 0 aliphatic carbocycles. The predicted molar refractivity (Wildman–Crippen MR) is 66.2 cm³/mol. The molecule has 18 heavy (non-hydrogen) atoms. The van der Waals surface area contributed by atoms with Crippen molar-refractivity contribution in [2.24, 2.45) is 16.5 Å². The average molecular weight is 244 g/mol. The first-order valence-electron chi connectivity index (χ1n) is 5.19. The summed E-state index contributed by atoms with van der Waals surface area (Å²) in [6.45, 7) is 1.75. The summed E-state index contributed by atoms with van der Waals surface area (Å²) in [4.78, 5) is 19.3. The Bertz CT molecular complexity index is 597. The molecule has 92 valence electrons. The van der Waals surface area contributed by atoms with Gasteiger partial charge < -0.3 is 11.5 Å². The molecule has 0 aliphatic rings. The molecule has 1 amide bonds. The largest absolute Gasteiger partial charge is 0.370 e. The van der Waals surface area contributed by atoms with Gasteiger partial charge >= 0.3 is 0 Å². The Balaban J connectivity index is 2.42. The van der Waals surface area contributed by atoms with Gasteiger partial charge in [-0.3, -0.25) is 4.79 Å². The van der Waals surface area contributed by atoms with Gasteiger partial charge in [-0.25, -0.2) is 9.67 Å². The Kier molecular flexibility index (Phi) is 3.05. The molecule has 0 saturated carbocycles. The highest BCUT2D eigenvalue weighted by molar-refractivity contribution is 6.02. The second-order valence-electron chi connectivity index (χ2n) is 3.59. The highest BCUT2D eigenvalue weighted by Gasteiger charge is 2.14. The van der Waals surface area contributed by atoms with Crippen molar-refractivity contribution in [2.75, 3.05) is 0 Å². The first kappa shape index (κ1) is 11.8. The molecule has 0 bridgehead atoms. The van der Waals surface area contributed by atoms with Crippen LogP contribution in [-0.4, -0.2) is 26.6 Å². The highest BCUT2D eigenvalue weighted by Crippen LogP contribution is 2.12. The first-order valence-corrected chi connectivity index (χ1v) is 5.19. The molecule has 4 N–H and O–H groups in total. The van der Waals surface area contributed by atoms with Gasteiger partial charge in [0.1, 0.15) is 0 Å². The standard InChI is InChI=1S/C11H12N6O/c1-7-8(10(18)16-11(12)13)6-15-17(7)9-4-2-3-5-14-9/h2-6H,1H3,(H4,12,13,16,18). The number of pyridine rings is 1. The van der Waals surface area contributed by atoms with E-state index in [1.54, 1.807) is 29.9 Å². The Labute approximate surface area is 103 Å². The van der Waals surface area contributed by atoms with Crippen molar-refractivity contribution in [3.8, 4) is 5.82 Å². The fraction of sp³-hybridized carbons (Fsp3) is 0.0909. The van der Waals surface area contributed by atoms with E-state index in [0.29, 0.717) is 17.1 Å². The van der Waals surface area contributed by atoms with Gasteiger partial charge in [0.25, 0.3) is 5.91 Å².